The molecule has 0 unspecified atom stereocenters. The molecule has 0 bridgehead atoms. The van der Waals surface area contributed by atoms with Crippen molar-refractivity contribution in [1.29, 1.82) is 0 Å². The number of likely N-dealkylation sites (tertiary alicyclic amines) is 1. The van der Waals surface area contributed by atoms with Crippen molar-refractivity contribution in [1.82, 2.24) is 10.2 Å². The summed E-state index contributed by atoms with van der Waals surface area (Å²) in [6.07, 6.45) is 9.27. The number of urea groups is 1. The maximum Gasteiger partial charge on any atom is 0.317 e. The van der Waals surface area contributed by atoms with E-state index >= 15 is 0 Å². The highest BCUT2D eigenvalue weighted by Crippen LogP contribution is 2.28. The molecule has 0 aromatic carbocycles. The van der Waals surface area contributed by atoms with Crippen molar-refractivity contribution in [2.45, 2.75) is 56.9 Å². The zero-order chi connectivity index (χ0) is 12.1. The van der Waals surface area contributed by atoms with Crippen molar-refractivity contribution in [2.24, 2.45) is 5.73 Å². The molecule has 4 nitrogen and oxygen atoms in total. The Morgan fingerprint density at radius 1 is 1.06 bits per heavy atom. The summed E-state index contributed by atoms with van der Waals surface area (Å²) in [6.45, 7) is 2.39. The third-order valence-corrected chi connectivity index (χ3v) is 4.22. The number of carbonyl (C=O) groups excluding carboxylic acids is 1. The first kappa shape index (κ1) is 12.7. The lowest BCUT2D eigenvalue weighted by Crippen LogP contribution is -2.55. The van der Waals surface area contributed by atoms with E-state index in [1.807, 2.05) is 4.90 Å². The van der Waals surface area contributed by atoms with Crippen molar-refractivity contribution in [3.63, 3.8) is 0 Å². The SMILES string of the molecule is NCC1(NC(=O)N2CCCCCC2)CCCC1. The molecule has 2 aliphatic rings. The van der Waals surface area contributed by atoms with Crippen LogP contribution in [-0.2, 0) is 0 Å². The van der Waals surface area contributed by atoms with Gasteiger partial charge in [0.15, 0.2) is 0 Å². The Labute approximate surface area is 104 Å². The van der Waals surface area contributed by atoms with Gasteiger partial charge in [-0.25, -0.2) is 4.79 Å². The van der Waals surface area contributed by atoms with Gasteiger partial charge in [0.05, 0.1) is 5.54 Å². The molecule has 1 aliphatic carbocycles. The molecule has 0 spiro atoms. The minimum Gasteiger partial charge on any atom is -0.331 e. The highest BCUT2D eigenvalue weighted by molar-refractivity contribution is 5.75. The highest BCUT2D eigenvalue weighted by atomic mass is 16.2. The van der Waals surface area contributed by atoms with Crippen molar-refractivity contribution in [3.8, 4) is 0 Å². The molecule has 0 aromatic heterocycles. The predicted molar refractivity (Wildman–Crippen MR) is 68.8 cm³/mol. The van der Waals surface area contributed by atoms with E-state index in [1.54, 1.807) is 0 Å². The molecule has 1 saturated carbocycles. The Kier molecular flexibility index (Phi) is 4.26. The number of hydrogen-bond donors (Lipinski definition) is 2. The van der Waals surface area contributed by atoms with Gasteiger partial charge in [-0.15, -0.1) is 0 Å². The molecule has 1 aliphatic heterocycles. The van der Waals surface area contributed by atoms with E-state index in [1.165, 1.54) is 25.7 Å². The van der Waals surface area contributed by atoms with E-state index in [-0.39, 0.29) is 11.6 Å². The molecule has 0 aromatic rings. The molecule has 0 radical (unpaired) electrons. The second-order valence-electron chi connectivity index (χ2n) is 5.52. The van der Waals surface area contributed by atoms with Crippen LogP contribution in [-0.4, -0.2) is 36.1 Å². The van der Waals surface area contributed by atoms with E-state index < -0.39 is 0 Å². The average Bonchev–Trinajstić information content (AvgIpc) is 2.64. The second-order valence-corrected chi connectivity index (χ2v) is 5.52. The molecule has 17 heavy (non-hydrogen) atoms. The zero-order valence-corrected chi connectivity index (χ0v) is 10.7. The minimum absolute atomic E-state index is 0.108. The first-order chi connectivity index (χ1) is 8.26. The number of nitrogens with zero attached hydrogens (tertiary/aromatic N) is 1. The van der Waals surface area contributed by atoms with Crippen molar-refractivity contribution in [3.05, 3.63) is 0 Å². The fraction of sp³-hybridized carbons (Fsp3) is 0.923. The third-order valence-electron chi connectivity index (χ3n) is 4.22. The molecule has 0 atom stereocenters. The standard InChI is InChI=1S/C13H25N3O/c14-11-13(7-3-4-8-13)15-12(17)16-9-5-1-2-6-10-16/h1-11,14H2,(H,15,17). The lowest BCUT2D eigenvalue weighted by molar-refractivity contribution is 0.185. The molecule has 2 rings (SSSR count). The van der Waals surface area contributed by atoms with Gasteiger partial charge in [0.25, 0.3) is 0 Å². The molecule has 2 fully saturated rings. The fourth-order valence-corrected chi connectivity index (χ4v) is 3.01. The number of amides is 2. The Bertz CT molecular complexity index is 253. The van der Waals surface area contributed by atoms with E-state index in [4.69, 9.17) is 5.73 Å². The van der Waals surface area contributed by atoms with Crippen LogP contribution in [0.5, 0.6) is 0 Å². The van der Waals surface area contributed by atoms with Gasteiger partial charge in [0, 0.05) is 19.6 Å². The van der Waals surface area contributed by atoms with Crippen LogP contribution >= 0.6 is 0 Å². The molecule has 4 heteroatoms. The van der Waals surface area contributed by atoms with Crippen molar-refractivity contribution >= 4 is 6.03 Å². The van der Waals surface area contributed by atoms with Crippen LogP contribution < -0.4 is 11.1 Å². The fourth-order valence-electron chi connectivity index (χ4n) is 3.01. The largest absolute Gasteiger partial charge is 0.331 e. The van der Waals surface area contributed by atoms with Crippen LogP contribution in [0.25, 0.3) is 0 Å². The van der Waals surface area contributed by atoms with Crippen LogP contribution in [0.4, 0.5) is 4.79 Å². The van der Waals surface area contributed by atoms with E-state index in [2.05, 4.69) is 5.32 Å². The van der Waals surface area contributed by atoms with Crippen LogP contribution in [0.2, 0.25) is 0 Å². The van der Waals surface area contributed by atoms with Gasteiger partial charge in [-0.05, 0) is 25.7 Å². The summed E-state index contributed by atoms with van der Waals surface area (Å²) in [4.78, 5) is 14.2. The van der Waals surface area contributed by atoms with Gasteiger partial charge in [0.1, 0.15) is 0 Å². The Balaban J connectivity index is 1.90. The monoisotopic (exact) mass is 239 g/mol. The Hall–Kier alpha value is -0.770. The van der Waals surface area contributed by atoms with Crippen LogP contribution in [0.1, 0.15) is 51.4 Å². The maximum atomic E-state index is 12.2. The summed E-state index contributed by atoms with van der Waals surface area (Å²) >= 11 is 0. The first-order valence-electron chi connectivity index (χ1n) is 7.03. The third kappa shape index (κ3) is 3.12. The van der Waals surface area contributed by atoms with Crippen molar-refractivity contribution < 1.29 is 4.79 Å². The Morgan fingerprint density at radius 3 is 2.18 bits per heavy atom. The summed E-state index contributed by atoms with van der Waals surface area (Å²) in [5.41, 5.74) is 5.74. The average molecular weight is 239 g/mol. The van der Waals surface area contributed by atoms with E-state index in [9.17, 15) is 4.79 Å². The van der Waals surface area contributed by atoms with Gasteiger partial charge in [-0.3, -0.25) is 0 Å². The second kappa shape index (κ2) is 5.71. The summed E-state index contributed by atoms with van der Waals surface area (Å²) < 4.78 is 0. The molecule has 1 saturated heterocycles. The summed E-state index contributed by atoms with van der Waals surface area (Å²) in [5, 5.41) is 3.20. The molecule has 3 N–H and O–H groups in total. The maximum absolute atomic E-state index is 12.2. The molecular weight excluding hydrogens is 214 g/mol. The predicted octanol–water partition coefficient (Wildman–Crippen LogP) is 1.84. The van der Waals surface area contributed by atoms with Gasteiger partial charge in [-0.1, -0.05) is 25.7 Å². The van der Waals surface area contributed by atoms with Gasteiger partial charge in [-0.2, -0.15) is 0 Å². The molecule has 98 valence electrons. The molecule has 1 heterocycles. The Morgan fingerprint density at radius 2 is 1.65 bits per heavy atom. The molecule has 2 amide bonds. The lowest BCUT2D eigenvalue weighted by atomic mass is 9.98. The zero-order valence-electron chi connectivity index (χ0n) is 10.7. The normalized spacial score (nSPS) is 24.4. The van der Waals surface area contributed by atoms with E-state index in [0.29, 0.717) is 6.54 Å². The first-order valence-corrected chi connectivity index (χ1v) is 7.03. The summed E-state index contributed by atoms with van der Waals surface area (Å²) in [6, 6.07) is 0.110. The minimum atomic E-state index is -0.108. The number of hydrogen-bond acceptors (Lipinski definition) is 2. The lowest BCUT2D eigenvalue weighted by Gasteiger charge is -2.32. The number of nitrogens with one attached hydrogen (secondary N) is 1. The van der Waals surface area contributed by atoms with Crippen LogP contribution in [0.3, 0.4) is 0 Å². The van der Waals surface area contributed by atoms with Gasteiger partial charge in [0.2, 0.25) is 0 Å². The smallest absolute Gasteiger partial charge is 0.317 e. The highest BCUT2D eigenvalue weighted by Gasteiger charge is 2.35. The van der Waals surface area contributed by atoms with Crippen molar-refractivity contribution in [2.75, 3.05) is 19.6 Å². The summed E-state index contributed by atoms with van der Waals surface area (Å²) in [5.74, 6) is 0. The summed E-state index contributed by atoms with van der Waals surface area (Å²) in [7, 11) is 0. The topological polar surface area (TPSA) is 58.4 Å². The number of carbonyl (C=O) groups is 1. The van der Waals surface area contributed by atoms with Gasteiger partial charge >= 0.3 is 6.03 Å². The van der Waals surface area contributed by atoms with Crippen LogP contribution in [0.15, 0.2) is 0 Å². The number of rotatable bonds is 2. The van der Waals surface area contributed by atoms with Crippen LogP contribution in [0, 0.1) is 0 Å². The number of nitrogens with two attached hydrogens (primary N) is 1. The quantitative estimate of drug-likeness (QED) is 0.772. The van der Waals surface area contributed by atoms with E-state index in [0.717, 1.165) is 38.8 Å². The van der Waals surface area contributed by atoms with Gasteiger partial charge < -0.3 is 16.0 Å². The molecular formula is C13H25N3O.